The summed E-state index contributed by atoms with van der Waals surface area (Å²) < 4.78 is 0. The zero-order chi connectivity index (χ0) is 19.9. The Morgan fingerprint density at radius 3 is 2.69 bits per heavy atom. The first-order valence-electron chi connectivity index (χ1n) is 9.72. The molecule has 2 amide bonds. The van der Waals surface area contributed by atoms with Crippen molar-refractivity contribution in [1.29, 1.82) is 0 Å². The molecule has 2 aromatic carbocycles. The number of aliphatic hydroxyl groups excluding tert-OH is 1. The maximum atomic E-state index is 13.0. The minimum absolute atomic E-state index is 0.0144. The van der Waals surface area contributed by atoms with Gasteiger partial charge >= 0.3 is 0 Å². The third-order valence-corrected chi connectivity index (χ3v) is 6.76. The van der Waals surface area contributed by atoms with E-state index in [1.165, 1.54) is 4.90 Å². The predicted molar refractivity (Wildman–Crippen MR) is 107 cm³/mol. The van der Waals surface area contributed by atoms with Gasteiger partial charge in [-0.2, -0.15) is 0 Å². The van der Waals surface area contributed by atoms with Gasteiger partial charge in [0.15, 0.2) is 0 Å². The maximum absolute atomic E-state index is 13.0. The molecule has 146 valence electrons. The summed E-state index contributed by atoms with van der Waals surface area (Å²) in [4.78, 5) is 32.3. The van der Waals surface area contributed by atoms with Gasteiger partial charge in [0.25, 0.3) is 0 Å². The maximum Gasteiger partial charge on any atom is 0.248 e. The number of fused-ring (bicyclic) bond motifs is 6. The molecule has 0 spiro atoms. The molecule has 1 aromatic heterocycles. The molecule has 4 heterocycles. The Bertz CT molecular complexity index is 1190. The first kappa shape index (κ1) is 16.6. The van der Waals surface area contributed by atoms with Crippen molar-refractivity contribution in [2.75, 3.05) is 18.9 Å². The van der Waals surface area contributed by atoms with Gasteiger partial charge in [0, 0.05) is 29.8 Å². The van der Waals surface area contributed by atoms with E-state index in [4.69, 9.17) is 0 Å². The fourth-order valence-corrected chi connectivity index (χ4v) is 5.56. The number of nitrogens with one attached hydrogen (secondary N) is 2. The van der Waals surface area contributed by atoms with E-state index >= 15 is 0 Å². The zero-order valence-corrected chi connectivity index (χ0v) is 15.8. The van der Waals surface area contributed by atoms with E-state index < -0.39 is 23.7 Å². The lowest BCUT2D eigenvalue weighted by Gasteiger charge is -2.37. The average molecular weight is 388 g/mol. The van der Waals surface area contributed by atoms with Crippen molar-refractivity contribution in [3.8, 4) is 0 Å². The normalized spacial score (nSPS) is 30.3. The van der Waals surface area contributed by atoms with Gasteiger partial charge in [0.2, 0.25) is 11.8 Å². The molecule has 0 saturated carbocycles. The molecule has 0 aliphatic carbocycles. The number of hydrogen-bond acceptors (Lipinski definition) is 4. The summed E-state index contributed by atoms with van der Waals surface area (Å²) in [5, 5.41) is 16.2. The third kappa shape index (κ3) is 1.81. The Hall–Kier alpha value is -3.32. The Morgan fingerprint density at radius 2 is 1.83 bits per heavy atom. The summed E-state index contributed by atoms with van der Waals surface area (Å²) in [7, 11) is 1.61. The minimum Gasteiger partial charge on any atom is -0.389 e. The van der Waals surface area contributed by atoms with E-state index in [1.807, 2.05) is 54.7 Å². The van der Waals surface area contributed by atoms with Crippen molar-refractivity contribution >= 4 is 28.4 Å². The van der Waals surface area contributed by atoms with Crippen LogP contribution in [0.3, 0.4) is 0 Å². The monoisotopic (exact) mass is 388 g/mol. The quantitative estimate of drug-likeness (QED) is 0.585. The lowest BCUT2D eigenvalue weighted by molar-refractivity contribution is -0.156. The van der Waals surface area contributed by atoms with E-state index in [2.05, 4.69) is 10.3 Å². The van der Waals surface area contributed by atoms with Crippen molar-refractivity contribution in [2.24, 2.45) is 0 Å². The second-order valence-corrected chi connectivity index (χ2v) is 8.09. The van der Waals surface area contributed by atoms with Crippen LogP contribution in [0.5, 0.6) is 0 Å². The Kier molecular flexibility index (Phi) is 3.09. The third-order valence-electron chi connectivity index (χ3n) is 6.76. The van der Waals surface area contributed by atoms with Crippen LogP contribution in [-0.2, 0) is 15.0 Å². The fourth-order valence-electron chi connectivity index (χ4n) is 5.56. The fraction of sp³-hybridized carbons (Fsp3) is 0.273. The molecule has 29 heavy (non-hydrogen) atoms. The number of benzene rings is 2. The average Bonchev–Trinajstić information content (AvgIpc) is 3.36. The molecule has 7 nitrogen and oxygen atoms in total. The summed E-state index contributed by atoms with van der Waals surface area (Å²) in [6, 6.07) is 14.8. The highest BCUT2D eigenvalue weighted by molar-refractivity contribution is 5.98. The number of carbonyl (C=O) groups is 2. The van der Waals surface area contributed by atoms with Gasteiger partial charge in [0.05, 0.1) is 12.0 Å². The molecule has 2 saturated heterocycles. The molecule has 6 rings (SSSR count). The van der Waals surface area contributed by atoms with E-state index in [0.29, 0.717) is 0 Å². The highest BCUT2D eigenvalue weighted by Gasteiger charge is 2.69. The van der Waals surface area contributed by atoms with Gasteiger partial charge in [0.1, 0.15) is 18.3 Å². The number of aliphatic hydroxyl groups is 1. The van der Waals surface area contributed by atoms with Crippen LogP contribution in [0, 0.1) is 0 Å². The van der Waals surface area contributed by atoms with Crippen LogP contribution in [0.4, 0.5) is 5.69 Å². The summed E-state index contributed by atoms with van der Waals surface area (Å²) in [6.07, 6.45) is 0.285. The number of nitrogens with zero attached hydrogens (tertiary/aromatic N) is 2. The molecule has 3 aliphatic heterocycles. The minimum atomic E-state index is -1.08. The van der Waals surface area contributed by atoms with Crippen molar-refractivity contribution in [3.63, 3.8) is 0 Å². The SMILES string of the molecule is CN1CC(=O)N2[C@H](C1=O)[C@@H](O)[C@]1(c3c[nH]c4ccccc34)c3ccccc3N[C@H]21. The lowest BCUT2D eigenvalue weighted by Crippen LogP contribution is -2.61. The Morgan fingerprint density at radius 1 is 1.07 bits per heavy atom. The molecule has 3 N–H and O–H groups in total. The molecule has 7 heteroatoms. The van der Waals surface area contributed by atoms with Crippen molar-refractivity contribution in [3.05, 3.63) is 65.9 Å². The number of likely N-dealkylation sites (N-methyl/N-ethyl adjacent to an activating group) is 1. The van der Waals surface area contributed by atoms with E-state index in [-0.39, 0.29) is 18.4 Å². The van der Waals surface area contributed by atoms with E-state index in [0.717, 1.165) is 27.7 Å². The highest BCUT2D eigenvalue weighted by atomic mass is 16.3. The van der Waals surface area contributed by atoms with Gasteiger partial charge in [-0.25, -0.2) is 0 Å². The van der Waals surface area contributed by atoms with E-state index in [1.54, 1.807) is 11.9 Å². The number of hydrogen-bond donors (Lipinski definition) is 3. The van der Waals surface area contributed by atoms with E-state index in [9.17, 15) is 14.7 Å². The predicted octanol–water partition coefficient (Wildman–Crippen LogP) is 1.25. The van der Waals surface area contributed by atoms with Gasteiger partial charge in [-0.3, -0.25) is 9.59 Å². The van der Waals surface area contributed by atoms with Gasteiger partial charge in [-0.15, -0.1) is 0 Å². The second-order valence-electron chi connectivity index (χ2n) is 8.09. The zero-order valence-electron chi connectivity index (χ0n) is 15.8. The molecular weight excluding hydrogens is 368 g/mol. The summed E-state index contributed by atoms with van der Waals surface area (Å²) in [5.74, 6) is -0.395. The number of aromatic nitrogens is 1. The Labute approximate surface area is 166 Å². The smallest absolute Gasteiger partial charge is 0.248 e. The molecule has 0 unspecified atom stereocenters. The van der Waals surface area contributed by atoms with Gasteiger partial charge in [-0.1, -0.05) is 36.4 Å². The molecule has 0 bridgehead atoms. The molecule has 3 aromatic rings. The van der Waals surface area contributed by atoms with Crippen LogP contribution in [0.1, 0.15) is 11.1 Å². The second kappa shape index (κ2) is 5.39. The summed E-state index contributed by atoms with van der Waals surface area (Å²) in [6.45, 7) is 0.0144. The van der Waals surface area contributed by atoms with Crippen molar-refractivity contribution < 1.29 is 14.7 Å². The molecule has 2 fully saturated rings. The standard InChI is InChI=1S/C22H20N4O3/c1-25-11-17(27)26-18(20(25)29)19(28)22(13-7-3-5-9-16(13)24-21(22)26)14-10-23-15-8-4-2-6-12(14)15/h2-10,18-19,21,23-24,28H,11H2,1H3/t18-,19+,21+,22+/m0/s1. The highest BCUT2D eigenvalue weighted by Crippen LogP contribution is 2.56. The summed E-state index contributed by atoms with van der Waals surface area (Å²) >= 11 is 0. The van der Waals surface area contributed by atoms with Crippen molar-refractivity contribution in [2.45, 2.75) is 23.7 Å². The number of para-hydroxylation sites is 2. The van der Waals surface area contributed by atoms with Crippen LogP contribution in [0.25, 0.3) is 10.9 Å². The molecule has 4 atom stereocenters. The van der Waals surface area contributed by atoms with Crippen molar-refractivity contribution in [1.82, 2.24) is 14.8 Å². The van der Waals surface area contributed by atoms with Crippen LogP contribution < -0.4 is 5.32 Å². The number of aromatic amines is 1. The number of piperazine rings is 1. The number of rotatable bonds is 1. The topological polar surface area (TPSA) is 88.7 Å². The summed E-state index contributed by atoms with van der Waals surface area (Å²) in [5.41, 5.74) is 2.67. The number of anilines is 1. The molecule has 0 radical (unpaired) electrons. The molecular formula is C22H20N4O3. The van der Waals surface area contributed by atoms with Crippen LogP contribution in [0.15, 0.2) is 54.7 Å². The largest absolute Gasteiger partial charge is 0.389 e. The van der Waals surface area contributed by atoms with Crippen LogP contribution >= 0.6 is 0 Å². The van der Waals surface area contributed by atoms with Crippen LogP contribution in [0.2, 0.25) is 0 Å². The van der Waals surface area contributed by atoms with Gasteiger partial charge < -0.3 is 25.2 Å². The number of H-pyrrole nitrogens is 1. The van der Waals surface area contributed by atoms with Gasteiger partial charge in [-0.05, 0) is 23.3 Å². The molecule has 3 aliphatic rings. The van der Waals surface area contributed by atoms with Crippen LogP contribution in [-0.4, -0.2) is 63.6 Å². The Balaban J connectivity index is 1.68. The lowest BCUT2D eigenvalue weighted by atomic mass is 9.70. The first-order chi connectivity index (χ1) is 14.0. The number of amides is 2. The first-order valence-corrected chi connectivity index (χ1v) is 9.72. The number of carbonyl (C=O) groups excluding carboxylic acids is 2.